The maximum absolute atomic E-state index is 11.3. The lowest BCUT2D eigenvalue weighted by Crippen LogP contribution is -2.13. The molecule has 0 saturated heterocycles. The van der Waals surface area contributed by atoms with Gasteiger partial charge in [0, 0.05) is 5.92 Å². The maximum Gasteiger partial charge on any atom is 0.316 e. The summed E-state index contributed by atoms with van der Waals surface area (Å²) in [5, 5.41) is 7.43. The summed E-state index contributed by atoms with van der Waals surface area (Å²) < 4.78 is 5.00. The van der Waals surface area contributed by atoms with Crippen LogP contribution in [0, 0.1) is 0 Å². The third kappa shape index (κ3) is 4.22. The molecule has 0 fully saturated rings. The van der Waals surface area contributed by atoms with Gasteiger partial charge in [-0.1, -0.05) is 25.6 Å². The highest BCUT2D eigenvalue weighted by Gasteiger charge is 2.10. The van der Waals surface area contributed by atoms with Crippen molar-refractivity contribution in [1.82, 2.24) is 15.2 Å². The predicted octanol–water partition coefficient (Wildman–Crippen LogP) is 1.97. The van der Waals surface area contributed by atoms with Gasteiger partial charge in [-0.3, -0.25) is 9.89 Å². The second-order valence-electron chi connectivity index (χ2n) is 3.99. The van der Waals surface area contributed by atoms with Crippen LogP contribution < -0.4 is 0 Å². The summed E-state index contributed by atoms with van der Waals surface area (Å²) in [5.41, 5.74) is 0. The number of nitrogens with zero attached hydrogens (tertiary/aromatic N) is 2. The number of H-pyrrole nitrogens is 1. The van der Waals surface area contributed by atoms with Crippen molar-refractivity contribution in [2.45, 2.75) is 44.9 Å². The van der Waals surface area contributed by atoms with Gasteiger partial charge in [0.1, 0.15) is 5.82 Å². The normalized spacial score (nSPS) is 11.1. The molecule has 1 aromatic rings. The highest BCUT2D eigenvalue weighted by atomic mass is 32.2. The fraction of sp³-hybridized carbons (Fsp3) is 0.700. The Hall–Kier alpha value is -1.04. The fourth-order valence-electron chi connectivity index (χ4n) is 1.00. The zero-order valence-electron chi connectivity index (χ0n) is 9.98. The van der Waals surface area contributed by atoms with Gasteiger partial charge in [0.05, 0.1) is 11.9 Å². The predicted molar refractivity (Wildman–Crippen MR) is 62.4 cm³/mol. The maximum atomic E-state index is 11.3. The Morgan fingerprint density at radius 1 is 1.44 bits per heavy atom. The van der Waals surface area contributed by atoms with E-state index in [0.717, 1.165) is 5.82 Å². The Balaban J connectivity index is 2.39. The van der Waals surface area contributed by atoms with Gasteiger partial charge in [-0.25, -0.2) is 4.98 Å². The van der Waals surface area contributed by atoms with Gasteiger partial charge >= 0.3 is 5.97 Å². The van der Waals surface area contributed by atoms with Gasteiger partial charge in [-0.15, -0.1) is 5.10 Å². The molecule has 0 atom stereocenters. The molecule has 0 aliphatic heterocycles. The van der Waals surface area contributed by atoms with Crippen LogP contribution in [0.2, 0.25) is 0 Å². The summed E-state index contributed by atoms with van der Waals surface area (Å²) in [4.78, 5) is 15.5. The molecule has 0 spiro atoms. The van der Waals surface area contributed by atoms with E-state index in [9.17, 15) is 4.79 Å². The first-order chi connectivity index (χ1) is 7.49. The minimum atomic E-state index is -0.240. The number of nitrogens with one attached hydrogen (secondary N) is 1. The van der Waals surface area contributed by atoms with Crippen LogP contribution in [0.25, 0.3) is 0 Å². The van der Waals surface area contributed by atoms with E-state index >= 15 is 0 Å². The SMILES string of the molecule is CC(C)OC(=O)CSc1n[nH]c(C(C)C)n1. The topological polar surface area (TPSA) is 67.9 Å². The van der Waals surface area contributed by atoms with Crippen molar-refractivity contribution < 1.29 is 9.53 Å². The summed E-state index contributed by atoms with van der Waals surface area (Å²) >= 11 is 1.28. The van der Waals surface area contributed by atoms with E-state index in [1.165, 1.54) is 11.8 Å². The molecule has 1 rings (SSSR count). The number of rotatable bonds is 5. The van der Waals surface area contributed by atoms with Crippen LogP contribution in [0.3, 0.4) is 0 Å². The zero-order chi connectivity index (χ0) is 12.1. The summed E-state index contributed by atoms with van der Waals surface area (Å²) in [7, 11) is 0. The van der Waals surface area contributed by atoms with E-state index in [2.05, 4.69) is 15.2 Å². The van der Waals surface area contributed by atoms with Crippen LogP contribution in [0.15, 0.2) is 5.16 Å². The van der Waals surface area contributed by atoms with Crippen molar-refractivity contribution in [1.29, 1.82) is 0 Å². The number of hydrogen-bond acceptors (Lipinski definition) is 5. The Labute approximate surface area is 99.4 Å². The van der Waals surface area contributed by atoms with E-state index in [-0.39, 0.29) is 17.8 Å². The summed E-state index contributed by atoms with van der Waals surface area (Å²) in [5.74, 6) is 1.15. The minimum Gasteiger partial charge on any atom is -0.462 e. The Morgan fingerprint density at radius 2 is 2.12 bits per heavy atom. The lowest BCUT2D eigenvalue weighted by atomic mass is 10.2. The molecule has 5 nitrogen and oxygen atoms in total. The van der Waals surface area contributed by atoms with Crippen LogP contribution in [-0.2, 0) is 9.53 Å². The second kappa shape index (κ2) is 5.89. The second-order valence-corrected chi connectivity index (χ2v) is 4.93. The van der Waals surface area contributed by atoms with Gasteiger partial charge < -0.3 is 4.74 Å². The Morgan fingerprint density at radius 3 is 2.62 bits per heavy atom. The number of carbonyl (C=O) groups is 1. The lowest BCUT2D eigenvalue weighted by Gasteiger charge is -2.05. The first-order valence-electron chi connectivity index (χ1n) is 5.23. The molecule has 0 bridgehead atoms. The highest BCUT2D eigenvalue weighted by molar-refractivity contribution is 7.99. The van der Waals surface area contributed by atoms with Crippen molar-refractivity contribution >= 4 is 17.7 Å². The van der Waals surface area contributed by atoms with E-state index in [1.807, 2.05) is 27.7 Å². The number of aromatic amines is 1. The van der Waals surface area contributed by atoms with E-state index in [0.29, 0.717) is 11.1 Å². The van der Waals surface area contributed by atoms with Gasteiger partial charge in [0.15, 0.2) is 0 Å². The number of aromatic nitrogens is 3. The third-order valence-electron chi connectivity index (χ3n) is 1.72. The number of carbonyl (C=O) groups excluding carboxylic acids is 1. The fourth-order valence-corrected chi connectivity index (χ4v) is 1.59. The Kier molecular flexibility index (Phi) is 4.79. The molecule has 16 heavy (non-hydrogen) atoms. The van der Waals surface area contributed by atoms with Crippen molar-refractivity contribution in [2.24, 2.45) is 0 Å². The van der Waals surface area contributed by atoms with Gasteiger partial charge in [0.2, 0.25) is 5.16 Å². The highest BCUT2D eigenvalue weighted by Crippen LogP contribution is 2.16. The molecule has 1 heterocycles. The molecule has 1 aromatic heterocycles. The molecule has 0 aliphatic rings. The van der Waals surface area contributed by atoms with Gasteiger partial charge in [-0.05, 0) is 13.8 Å². The average Bonchev–Trinajstić information content (AvgIpc) is 2.61. The molecule has 0 amide bonds. The molecule has 0 radical (unpaired) electrons. The summed E-state index contributed by atoms with van der Waals surface area (Å²) in [6, 6.07) is 0. The molecule has 0 unspecified atom stereocenters. The number of hydrogen-bond donors (Lipinski definition) is 1. The molecule has 6 heteroatoms. The van der Waals surface area contributed by atoms with E-state index in [4.69, 9.17) is 4.74 Å². The van der Waals surface area contributed by atoms with Gasteiger partial charge in [0.25, 0.3) is 0 Å². The first-order valence-corrected chi connectivity index (χ1v) is 6.22. The molecular weight excluding hydrogens is 226 g/mol. The van der Waals surface area contributed by atoms with E-state index in [1.54, 1.807) is 0 Å². The largest absolute Gasteiger partial charge is 0.462 e. The van der Waals surface area contributed by atoms with Crippen LogP contribution in [-0.4, -0.2) is 33.0 Å². The number of esters is 1. The first kappa shape index (κ1) is 13.0. The zero-order valence-corrected chi connectivity index (χ0v) is 10.8. The molecule has 0 aromatic carbocycles. The molecule has 1 N–H and O–H groups in total. The molecule has 0 aliphatic carbocycles. The quantitative estimate of drug-likeness (QED) is 0.632. The molecule has 0 saturated carbocycles. The summed E-state index contributed by atoms with van der Waals surface area (Å²) in [6.07, 6.45) is -0.0773. The lowest BCUT2D eigenvalue weighted by molar-refractivity contribution is -0.144. The third-order valence-corrected chi connectivity index (χ3v) is 2.54. The minimum absolute atomic E-state index is 0.0773. The smallest absolute Gasteiger partial charge is 0.316 e. The Bertz CT molecular complexity index is 350. The monoisotopic (exact) mass is 243 g/mol. The van der Waals surface area contributed by atoms with Crippen molar-refractivity contribution in [3.63, 3.8) is 0 Å². The van der Waals surface area contributed by atoms with Crippen LogP contribution >= 0.6 is 11.8 Å². The standard InChI is InChI=1S/C10H17N3O2S/c1-6(2)9-11-10(13-12-9)16-5-8(14)15-7(3)4/h6-7H,5H2,1-4H3,(H,11,12,13). The van der Waals surface area contributed by atoms with Crippen molar-refractivity contribution in [2.75, 3.05) is 5.75 Å². The molecule has 90 valence electrons. The number of ether oxygens (including phenoxy) is 1. The van der Waals surface area contributed by atoms with Crippen LogP contribution in [0.4, 0.5) is 0 Å². The van der Waals surface area contributed by atoms with Crippen LogP contribution in [0.1, 0.15) is 39.4 Å². The van der Waals surface area contributed by atoms with Gasteiger partial charge in [-0.2, -0.15) is 0 Å². The summed E-state index contributed by atoms with van der Waals surface area (Å²) in [6.45, 7) is 7.71. The van der Waals surface area contributed by atoms with E-state index < -0.39 is 0 Å². The average molecular weight is 243 g/mol. The number of thioether (sulfide) groups is 1. The van der Waals surface area contributed by atoms with Crippen LogP contribution in [0.5, 0.6) is 0 Å². The van der Waals surface area contributed by atoms with Crippen molar-refractivity contribution in [3.8, 4) is 0 Å². The molecular formula is C10H17N3O2S. The van der Waals surface area contributed by atoms with Crippen molar-refractivity contribution in [3.05, 3.63) is 5.82 Å².